The maximum atomic E-state index is 13.4. The molecule has 1 aromatic carbocycles. The summed E-state index contributed by atoms with van der Waals surface area (Å²) in [5.74, 6) is 0.460. The molecular formula is C17H23FN4O2. The fraction of sp³-hybridized carbons (Fsp3) is 0.529. The molecule has 6 nitrogen and oxygen atoms in total. The summed E-state index contributed by atoms with van der Waals surface area (Å²) in [5, 5.41) is 6.19. The molecule has 7 heteroatoms. The summed E-state index contributed by atoms with van der Waals surface area (Å²) in [6.07, 6.45) is 1.92. The normalized spacial score (nSPS) is 17.1. The molecule has 1 fully saturated rings. The van der Waals surface area contributed by atoms with Crippen LogP contribution in [0.5, 0.6) is 0 Å². The average molecular weight is 334 g/mol. The van der Waals surface area contributed by atoms with Gasteiger partial charge < -0.3 is 19.9 Å². The molecule has 24 heavy (non-hydrogen) atoms. The number of carbonyl (C=O) groups excluding carboxylic acids is 1. The van der Waals surface area contributed by atoms with Gasteiger partial charge in [-0.05, 0) is 44.1 Å². The second-order valence-corrected chi connectivity index (χ2v) is 6.17. The Morgan fingerprint density at radius 2 is 2.21 bits per heavy atom. The first kappa shape index (κ1) is 16.9. The van der Waals surface area contributed by atoms with Crippen molar-refractivity contribution in [3.05, 3.63) is 29.8 Å². The minimum atomic E-state index is -0.735. The van der Waals surface area contributed by atoms with E-state index in [0.717, 1.165) is 29.9 Å². The number of halogens is 1. The van der Waals surface area contributed by atoms with Crippen LogP contribution in [0.4, 0.5) is 4.39 Å². The highest BCUT2D eigenvalue weighted by atomic mass is 19.1. The van der Waals surface area contributed by atoms with Crippen molar-refractivity contribution in [2.24, 2.45) is 7.05 Å². The molecule has 2 N–H and O–H groups in total. The second-order valence-electron chi connectivity index (χ2n) is 6.17. The molecule has 1 aliphatic heterocycles. The van der Waals surface area contributed by atoms with Crippen LogP contribution in [0.15, 0.2) is 18.2 Å². The van der Waals surface area contributed by atoms with E-state index < -0.39 is 5.60 Å². The van der Waals surface area contributed by atoms with Crippen molar-refractivity contribution < 1.29 is 13.9 Å². The molecular weight excluding hydrogens is 311 g/mol. The van der Waals surface area contributed by atoms with Gasteiger partial charge in [0.25, 0.3) is 5.91 Å². The maximum Gasteiger partial charge on any atom is 0.252 e. The van der Waals surface area contributed by atoms with E-state index in [1.54, 1.807) is 13.2 Å². The highest BCUT2D eigenvalue weighted by Gasteiger charge is 2.39. The summed E-state index contributed by atoms with van der Waals surface area (Å²) in [5.41, 5.74) is 0.774. The molecule has 0 atom stereocenters. The molecule has 0 spiro atoms. The van der Waals surface area contributed by atoms with E-state index in [1.165, 1.54) is 12.1 Å². The summed E-state index contributed by atoms with van der Waals surface area (Å²) in [6.45, 7) is 2.02. The van der Waals surface area contributed by atoms with E-state index in [0.29, 0.717) is 25.8 Å². The molecule has 3 rings (SSSR count). The summed E-state index contributed by atoms with van der Waals surface area (Å²) in [6, 6.07) is 4.54. The van der Waals surface area contributed by atoms with Gasteiger partial charge in [-0.3, -0.25) is 4.79 Å². The van der Waals surface area contributed by atoms with Gasteiger partial charge in [-0.15, -0.1) is 0 Å². The van der Waals surface area contributed by atoms with Crippen molar-refractivity contribution >= 4 is 16.9 Å². The van der Waals surface area contributed by atoms with Crippen LogP contribution >= 0.6 is 0 Å². The zero-order valence-electron chi connectivity index (χ0n) is 14.1. The van der Waals surface area contributed by atoms with Crippen molar-refractivity contribution in [1.82, 2.24) is 20.2 Å². The Bertz CT molecular complexity index is 738. The van der Waals surface area contributed by atoms with Gasteiger partial charge >= 0.3 is 0 Å². The molecule has 0 radical (unpaired) electrons. The number of nitrogens with one attached hydrogen (secondary N) is 2. The first-order valence-electron chi connectivity index (χ1n) is 8.21. The van der Waals surface area contributed by atoms with Gasteiger partial charge in [0, 0.05) is 27.1 Å². The number of aryl methyl sites for hydroxylation is 1. The number of rotatable bonds is 5. The molecule has 2 aromatic rings. The molecule has 1 aliphatic rings. The average Bonchev–Trinajstić information content (AvgIpc) is 2.91. The third-order valence-corrected chi connectivity index (χ3v) is 4.79. The number of ether oxygens (including phenoxy) is 1. The summed E-state index contributed by atoms with van der Waals surface area (Å²) >= 11 is 0. The van der Waals surface area contributed by atoms with Crippen LogP contribution in [-0.2, 0) is 23.0 Å². The Morgan fingerprint density at radius 3 is 2.92 bits per heavy atom. The van der Waals surface area contributed by atoms with E-state index in [4.69, 9.17) is 4.74 Å². The third-order valence-electron chi connectivity index (χ3n) is 4.79. The lowest BCUT2D eigenvalue weighted by Crippen LogP contribution is -2.54. The zero-order chi connectivity index (χ0) is 17.2. The fourth-order valence-electron chi connectivity index (χ4n) is 3.24. The first-order chi connectivity index (χ1) is 11.6. The lowest BCUT2D eigenvalue weighted by Gasteiger charge is -2.34. The monoisotopic (exact) mass is 334 g/mol. The number of imidazole rings is 1. The van der Waals surface area contributed by atoms with Gasteiger partial charge in [-0.1, -0.05) is 0 Å². The molecule has 1 aromatic heterocycles. The summed E-state index contributed by atoms with van der Waals surface area (Å²) in [7, 11) is 3.44. The molecule has 130 valence electrons. The number of piperidine rings is 1. The van der Waals surface area contributed by atoms with Crippen LogP contribution < -0.4 is 10.6 Å². The standard InChI is InChI=1S/C17H23FN4O2/c1-22-14-11-12(18)3-4-13(14)21-15(22)5-8-20-16(23)17(24-2)6-9-19-10-7-17/h3-4,11,19H,5-10H2,1-2H3,(H,20,23). The van der Waals surface area contributed by atoms with Crippen LogP contribution in [-0.4, -0.2) is 47.8 Å². The molecule has 1 saturated heterocycles. The number of benzene rings is 1. The SMILES string of the molecule is COC1(C(=O)NCCc2nc3ccc(F)cc3n2C)CCNCC1. The molecule has 0 bridgehead atoms. The van der Waals surface area contributed by atoms with E-state index in [-0.39, 0.29) is 11.7 Å². The summed E-state index contributed by atoms with van der Waals surface area (Å²) in [4.78, 5) is 17.0. The second kappa shape index (κ2) is 6.86. The Balaban J connectivity index is 1.64. The van der Waals surface area contributed by atoms with Gasteiger partial charge in [0.05, 0.1) is 11.0 Å². The highest BCUT2D eigenvalue weighted by Crippen LogP contribution is 2.22. The number of carbonyl (C=O) groups is 1. The minimum Gasteiger partial charge on any atom is -0.368 e. The molecule has 0 saturated carbocycles. The fourth-order valence-corrected chi connectivity index (χ4v) is 3.24. The van der Waals surface area contributed by atoms with Gasteiger partial charge in [-0.25, -0.2) is 9.37 Å². The largest absolute Gasteiger partial charge is 0.368 e. The van der Waals surface area contributed by atoms with E-state index in [9.17, 15) is 9.18 Å². The quantitative estimate of drug-likeness (QED) is 0.860. The van der Waals surface area contributed by atoms with Crippen LogP contribution in [0.25, 0.3) is 11.0 Å². The first-order valence-corrected chi connectivity index (χ1v) is 8.21. The predicted molar refractivity (Wildman–Crippen MR) is 89.2 cm³/mol. The van der Waals surface area contributed by atoms with Crippen LogP contribution in [0.1, 0.15) is 18.7 Å². The zero-order valence-corrected chi connectivity index (χ0v) is 14.1. The third kappa shape index (κ3) is 3.14. The van der Waals surface area contributed by atoms with Crippen molar-refractivity contribution in [3.63, 3.8) is 0 Å². The van der Waals surface area contributed by atoms with E-state index in [1.807, 2.05) is 11.6 Å². The van der Waals surface area contributed by atoms with Crippen LogP contribution in [0.2, 0.25) is 0 Å². The number of hydrogen-bond acceptors (Lipinski definition) is 4. The van der Waals surface area contributed by atoms with Crippen molar-refractivity contribution in [3.8, 4) is 0 Å². The van der Waals surface area contributed by atoms with Crippen molar-refractivity contribution in [2.75, 3.05) is 26.7 Å². The topological polar surface area (TPSA) is 68.2 Å². The summed E-state index contributed by atoms with van der Waals surface area (Å²) < 4.78 is 20.7. The Labute approximate surface area is 140 Å². The van der Waals surface area contributed by atoms with Gasteiger partial charge in [0.1, 0.15) is 17.2 Å². The number of hydrogen-bond donors (Lipinski definition) is 2. The lowest BCUT2D eigenvalue weighted by atomic mass is 9.91. The Hall–Kier alpha value is -1.99. The number of nitrogens with zero attached hydrogens (tertiary/aromatic N) is 2. The molecule has 0 unspecified atom stereocenters. The number of fused-ring (bicyclic) bond motifs is 1. The Kier molecular flexibility index (Phi) is 4.82. The maximum absolute atomic E-state index is 13.4. The predicted octanol–water partition coefficient (Wildman–Crippen LogP) is 1.14. The van der Waals surface area contributed by atoms with E-state index in [2.05, 4.69) is 15.6 Å². The molecule has 2 heterocycles. The van der Waals surface area contributed by atoms with Crippen molar-refractivity contribution in [1.29, 1.82) is 0 Å². The molecule has 1 amide bonds. The van der Waals surface area contributed by atoms with Gasteiger partial charge in [-0.2, -0.15) is 0 Å². The Morgan fingerprint density at radius 1 is 1.46 bits per heavy atom. The van der Waals surface area contributed by atoms with Gasteiger partial charge in [0.2, 0.25) is 0 Å². The minimum absolute atomic E-state index is 0.0729. The van der Waals surface area contributed by atoms with Gasteiger partial charge in [0.15, 0.2) is 0 Å². The smallest absolute Gasteiger partial charge is 0.252 e. The van der Waals surface area contributed by atoms with E-state index >= 15 is 0 Å². The number of amides is 1. The van der Waals surface area contributed by atoms with Crippen LogP contribution in [0, 0.1) is 5.82 Å². The van der Waals surface area contributed by atoms with Crippen LogP contribution in [0.3, 0.4) is 0 Å². The molecule has 0 aliphatic carbocycles. The van der Waals surface area contributed by atoms with Crippen molar-refractivity contribution in [2.45, 2.75) is 24.9 Å². The number of aromatic nitrogens is 2. The highest BCUT2D eigenvalue weighted by molar-refractivity contribution is 5.85. The lowest BCUT2D eigenvalue weighted by molar-refractivity contribution is -0.146. The number of methoxy groups -OCH3 is 1.